The second-order valence-electron chi connectivity index (χ2n) is 3.86. The standard InChI is InChI=1S/C13H10N2O4S/c1-17-13(16)10-3-2-8(19-10)6-18-11-9-4-5-20-12(9)15-7-14-11/h2-5,7H,6H2,1H3. The number of esters is 1. The number of nitrogens with zero attached hydrogens (tertiary/aromatic N) is 2. The van der Waals surface area contributed by atoms with E-state index in [4.69, 9.17) is 9.15 Å². The Morgan fingerprint density at radius 2 is 2.25 bits per heavy atom. The van der Waals surface area contributed by atoms with Crippen LogP contribution < -0.4 is 4.74 Å². The Bertz CT molecular complexity index is 750. The lowest BCUT2D eigenvalue weighted by Gasteiger charge is -2.03. The lowest BCUT2D eigenvalue weighted by Crippen LogP contribution is -1.99. The lowest BCUT2D eigenvalue weighted by molar-refractivity contribution is 0.0561. The van der Waals surface area contributed by atoms with Gasteiger partial charge in [0.2, 0.25) is 11.6 Å². The first-order valence-electron chi connectivity index (χ1n) is 5.76. The number of furan rings is 1. The minimum Gasteiger partial charge on any atom is -0.469 e. The molecule has 3 aromatic rings. The van der Waals surface area contributed by atoms with E-state index in [0.717, 1.165) is 10.2 Å². The maximum Gasteiger partial charge on any atom is 0.373 e. The average Bonchev–Trinajstić information content (AvgIpc) is 3.13. The van der Waals surface area contributed by atoms with E-state index in [-0.39, 0.29) is 12.4 Å². The van der Waals surface area contributed by atoms with Crippen LogP contribution in [0.2, 0.25) is 0 Å². The van der Waals surface area contributed by atoms with Gasteiger partial charge in [0.25, 0.3) is 0 Å². The third-order valence-electron chi connectivity index (χ3n) is 2.62. The predicted octanol–water partition coefficient (Wildman–Crippen LogP) is 2.65. The molecule has 0 aliphatic heterocycles. The molecule has 0 N–H and O–H groups in total. The van der Waals surface area contributed by atoms with Crippen LogP contribution >= 0.6 is 11.3 Å². The number of hydrogen-bond donors (Lipinski definition) is 0. The highest BCUT2D eigenvalue weighted by molar-refractivity contribution is 7.16. The van der Waals surface area contributed by atoms with Crippen molar-refractivity contribution >= 4 is 27.5 Å². The van der Waals surface area contributed by atoms with Gasteiger partial charge in [0.1, 0.15) is 23.5 Å². The predicted molar refractivity (Wildman–Crippen MR) is 71.8 cm³/mol. The molecule has 0 fully saturated rings. The van der Waals surface area contributed by atoms with Gasteiger partial charge in [-0.15, -0.1) is 11.3 Å². The summed E-state index contributed by atoms with van der Waals surface area (Å²) < 4.78 is 15.5. The zero-order chi connectivity index (χ0) is 13.9. The fourth-order valence-electron chi connectivity index (χ4n) is 1.69. The number of aromatic nitrogens is 2. The number of carbonyl (C=O) groups is 1. The number of rotatable bonds is 4. The highest BCUT2D eigenvalue weighted by Crippen LogP contribution is 2.26. The van der Waals surface area contributed by atoms with E-state index in [1.165, 1.54) is 24.8 Å². The molecule has 0 unspecified atom stereocenters. The van der Waals surface area contributed by atoms with E-state index in [9.17, 15) is 4.79 Å². The zero-order valence-electron chi connectivity index (χ0n) is 10.5. The summed E-state index contributed by atoms with van der Waals surface area (Å²) in [6.07, 6.45) is 1.45. The topological polar surface area (TPSA) is 74.5 Å². The molecular weight excluding hydrogens is 280 g/mol. The molecular formula is C13H10N2O4S. The van der Waals surface area contributed by atoms with Crippen LogP contribution in [0.15, 0.2) is 34.3 Å². The first-order chi connectivity index (χ1) is 9.78. The third kappa shape index (κ3) is 2.35. The van der Waals surface area contributed by atoms with Crippen molar-refractivity contribution in [3.8, 4) is 5.88 Å². The number of carbonyl (C=O) groups excluding carboxylic acids is 1. The van der Waals surface area contributed by atoms with E-state index < -0.39 is 5.97 Å². The lowest BCUT2D eigenvalue weighted by atomic mass is 10.4. The van der Waals surface area contributed by atoms with Gasteiger partial charge >= 0.3 is 5.97 Å². The van der Waals surface area contributed by atoms with Crippen LogP contribution in [0.1, 0.15) is 16.3 Å². The Kier molecular flexibility index (Phi) is 3.34. The van der Waals surface area contributed by atoms with Gasteiger partial charge in [0, 0.05) is 0 Å². The smallest absolute Gasteiger partial charge is 0.373 e. The van der Waals surface area contributed by atoms with Crippen LogP contribution in [0.3, 0.4) is 0 Å². The van der Waals surface area contributed by atoms with Crippen LogP contribution in [0, 0.1) is 0 Å². The molecule has 0 saturated carbocycles. The van der Waals surface area contributed by atoms with Crippen LogP contribution in [0.25, 0.3) is 10.2 Å². The molecule has 6 nitrogen and oxygen atoms in total. The summed E-state index contributed by atoms with van der Waals surface area (Å²) in [5, 5.41) is 2.78. The van der Waals surface area contributed by atoms with Crippen molar-refractivity contribution in [3.05, 3.63) is 41.4 Å². The minimum absolute atomic E-state index is 0.148. The molecule has 3 rings (SSSR count). The van der Waals surface area contributed by atoms with E-state index in [1.54, 1.807) is 12.1 Å². The first kappa shape index (κ1) is 12.6. The Hall–Kier alpha value is -2.41. The second kappa shape index (κ2) is 5.30. The summed E-state index contributed by atoms with van der Waals surface area (Å²) in [6, 6.07) is 5.11. The highest BCUT2D eigenvalue weighted by atomic mass is 32.1. The maximum absolute atomic E-state index is 11.3. The Labute approximate surface area is 118 Å². The first-order valence-corrected chi connectivity index (χ1v) is 6.64. The molecule has 0 saturated heterocycles. The SMILES string of the molecule is COC(=O)c1ccc(COc2ncnc3sccc23)o1. The number of thiophene rings is 1. The van der Waals surface area contributed by atoms with Gasteiger partial charge in [-0.25, -0.2) is 14.8 Å². The summed E-state index contributed by atoms with van der Waals surface area (Å²) in [6.45, 7) is 0.180. The molecule has 3 heterocycles. The normalized spacial score (nSPS) is 10.7. The van der Waals surface area contributed by atoms with Gasteiger partial charge in [0.15, 0.2) is 0 Å². The molecule has 0 atom stereocenters. The van der Waals surface area contributed by atoms with Gasteiger partial charge in [-0.05, 0) is 23.6 Å². The van der Waals surface area contributed by atoms with E-state index in [1.807, 2.05) is 11.4 Å². The fourth-order valence-corrected chi connectivity index (χ4v) is 2.41. The quantitative estimate of drug-likeness (QED) is 0.688. The Morgan fingerprint density at radius 1 is 1.35 bits per heavy atom. The number of ether oxygens (including phenoxy) is 2. The van der Waals surface area contributed by atoms with Crippen molar-refractivity contribution in [2.75, 3.05) is 7.11 Å². The molecule has 0 amide bonds. The monoisotopic (exact) mass is 290 g/mol. The van der Waals surface area contributed by atoms with E-state index in [0.29, 0.717) is 11.6 Å². The van der Waals surface area contributed by atoms with Gasteiger partial charge in [0.05, 0.1) is 12.5 Å². The molecule has 0 radical (unpaired) electrons. The Morgan fingerprint density at radius 3 is 3.10 bits per heavy atom. The van der Waals surface area contributed by atoms with Gasteiger partial charge in [-0.3, -0.25) is 0 Å². The second-order valence-corrected chi connectivity index (χ2v) is 4.76. The molecule has 0 aromatic carbocycles. The summed E-state index contributed by atoms with van der Waals surface area (Å²) in [7, 11) is 1.30. The third-order valence-corrected chi connectivity index (χ3v) is 3.45. The average molecular weight is 290 g/mol. The molecule has 7 heteroatoms. The van der Waals surface area contributed by atoms with Crippen molar-refractivity contribution in [2.45, 2.75) is 6.61 Å². The maximum atomic E-state index is 11.3. The Balaban J connectivity index is 1.75. The van der Waals surface area contributed by atoms with Crippen molar-refractivity contribution in [1.29, 1.82) is 0 Å². The van der Waals surface area contributed by atoms with Crippen molar-refractivity contribution in [3.63, 3.8) is 0 Å². The molecule has 0 aliphatic carbocycles. The van der Waals surface area contributed by atoms with Gasteiger partial charge in [-0.2, -0.15) is 0 Å². The number of methoxy groups -OCH3 is 1. The van der Waals surface area contributed by atoms with Gasteiger partial charge < -0.3 is 13.9 Å². The van der Waals surface area contributed by atoms with E-state index in [2.05, 4.69) is 14.7 Å². The molecule has 0 aliphatic rings. The molecule has 102 valence electrons. The zero-order valence-corrected chi connectivity index (χ0v) is 11.3. The minimum atomic E-state index is -0.515. The van der Waals surface area contributed by atoms with Crippen LogP contribution in [-0.4, -0.2) is 23.0 Å². The fraction of sp³-hybridized carbons (Fsp3) is 0.154. The summed E-state index contributed by atoms with van der Waals surface area (Å²) in [4.78, 5) is 20.4. The van der Waals surface area contributed by atoms with Crippen LogP contribution in [0.5, 0.6) is 5.88 Å². The van der Waals surface area contributed by atoms with Crippen LogP contribution in [0.4, 0.5) is 0 Å². The summed E-state index contributed by atoms with van der Waals surface area (Å²) in [5.74, 6) is 0.646. The van der Waals surface area contributed by atoms with Crippen molar-refractivity contribution < 1.29 is 18.7 Å². The summed E-state index contributed by atoms with van der Waals surface area (Å²) >= 11 is 1.52. The molecule has 3 aromatic heterocycles. The van der Waals surface area contributed by atoms with Crippen molar-refractivity contribution in [2.24, 2.45) is 0 Å². The molecule has 0 bridgehead atoms. The molecule has 20 heavy (non-hydrogen) atoms. The molecule has 0 spiro atoms. The van der Waals surface area contributed by atoms with Crippen molar-refractivity contribution in [1.82, 2.24) is 9.97 Å². The number of fused-ring (bicyclic) bond motifs is 1. The highest BCUT2D eigenvalue weighted by Gasteiger charge is 2.12. The van der Waals surface area contributed by atoms with E-state index >= 15 is 0 Å². The van der Waals surface area contributed by atoms with Gasteiger partial charge in [-0.1, -0.05) is 0 Å². The largest absolute Gasteiger partial charge is 0.469 e. The summed E-state index contributed by atoms with van der Waals surface area (Å²) in [5.41, 5.74) is 0. The number of hydrogen-bond acceptors (Lipinski definition) is 7. The van der Waals surface area contributed by atoms with Crippen LogP contribution in [-0.2, 0) is 11.3 Å².